The summed E-state index contributed by atoms with van der Waals surface area (Å²) in [5, 5.41) is 6.06. The summed E-state index contributed by atoms with van der Waals surface area (Å²) in [6.45, 7) is 4.26. The molecular weight excluding hydrogens is 206 g/mol. The Morgan fingerprint density at radius 1 is 1.12 bits per heavy atom. The Kier molecular flexibility index (Phi) is 14.7. The Labute approximate surface area is 98.0 Å². The second-order valence-corrected chi connectivity index (χ2v) is 3.56. The SMILES string of the molecule is CCCCCCCCOC(C)=O.N=C(N)N. The van der Waals surface area contributed by atoms with Crippen LogP contribution in [0.15, 0.2) is 0 Å². The van der Waals surface area contributed by atoms with Crippen molar-refractivity contribution in [2.75, 3.05) is 6.61 Å². The van der Waals surface area contributed by atoms with E-state index in [1.54, 1.807) is 0 Å². The zero-order valence-electron chi connectivity index (χ0n) is 10.4. The molecule has 0 aromatic rings. The van der Waals surface area contributed by atoms with Crippen LogP contribution in [0.2, 0.25) is 0 Å². The lowest BCUT2D eigenvalue weighted by Crippen LogP contribution is -2.20. The molecule has 0 aromatic carbocycles. The molecule has 96 valence electrons. The lowest BCUT2D eigenvalue weighted by molar-refractivity contribution is -0.141. The molecule has 0 saturated carbocycles. The van der Waals surface area contributed by atoms with Crippen molar-refractivity contribution in [3.63, 3.8) is 0 Å². The molecule has 5 nitrogen and oxygen atoms in total. The van der Waals surface area contributed by atoms with Gasteiger partial charge in [0.05, 0.1) is 6.61 Å². The van der Waals surface area contributed by atoms with E-state index in [0.717, 1.165) is 6.42 Å². The lowest BCUT2D eigenvalue weighted by atomic mass is 10.1. The van der Waals surface area contributed by atoms with Gasteiger partial charge in [0.25, 0.3) is 0 Å². The maximum atomic E-state index is 10.4. The van der Waals surface area contributed by atoms with E-state index in [2.05, 4.69) is 18.4 Å². The summed E-state index contributed by atoms with van der Waals surface area (Å²) in [6.07, 6.45) is 7.40. The molecule has 0 unspecified atom stereocenters. The molecule has 0 aliphatic rings. The van der Waals surface area contributed by atoms with Crippen LogP contribution >= 0.6 is 0 Å². The monoisotopic (exact) mass is 231 g/mol. The number of rotatable bonds is 7. The molecule has 0 aromatic heterocycles. The quantitative estimate of drug-likeness (QED) is 0.269. The first-order valence-electron chi connectivity index (χ1n) is 5.73. The van der Waals surface area contributed by atoms with E-state index in [9.17, 15) is 4.79 Å². The standard InChI is InChI=1S/C10H20O2.CH5N3/c1-3-4-5-6-7-8-9-12-10(2)11;2-1(3)4/h3-9H2,1-2H3;(H5,2,3,4). The van der Waals surface area contributed by atoms with Crippen molar-refractivity contribution in [2.24, 2.45) is 11.5 Å². The Hall–Kier alpha value is -1.26. The average molecular weight is 231 g/mol. The highest BCUT2D eigenvalue weighted by molar-refractivity contribution is 5.71. The lowest BCUT2D eigenvalue weighted by Gasteiger charge is -2.01. The second kappa shape index (κ2) is 13.7. The number of unbranched alkanes of at least 4 members (excludes halogenated alkanes) is 5. The van der Waals surface area contributed by atoms with Gasteiger partial charge in [-0.15, -0.1) is 0 Å². The molecule has 0 amide bonds. The zero-order chi connectivity index (χ0) is 12.8. The minimum absolute atomic E-state index is 0.163. The molecule has 0 radical (unpaired) electrons. The van der Waals surface area contributed by atoms with E-state index in [1.807, 2.05) is 0 Å². The summed E-state index contributed by atoms with van der Waals surface area (Å²) in [5.41, 5.74) is 8.94. The van der Waals surface area contributed by atoms with Crippen molar-refractivity contribution in [3.05, 3.63) is 0 Å². The number of ether oxygens (including phenoxy) is 1. The van der Waals surface area contributed by atoms with Crippen LogP contribution in [0.3, 0.4) is 0 Å². The highest BCUT2D eigenvalue weighted by atomic mass is 16.5. The second-order valence-electron chi connectivity index (χ2n) is 3.56. The maximum Gasteiger partial charge on any atom is 0.302 e. The molecule has 0 saturated heterocycles. The van der Waals surface area contributed by atoms with Crippen LogP contribution in [0.5, 0.6) is 0 Å². The Morgan fingerprint density at radius 2 is 1.56 bits per heavy atom. The molecule has 0 fully saturated rings. The number of carbonyl (C=O) groups is 1. The molecule has 0 atom stereocenters. The van der Waals surface area contributed by atoms with E-state index >= 15 is 0 Å². The van der Waals surface area contributed by atoms with E-state index in [4.69, 9.17) is 10.1 Å². The third-order valence-electron chi connectivity index (χ3n) is 1.80. The van der Waals surface area contributed by atoms with Gasteiger partial charge in [-0.2, -0.15) is 0 Å². The fourth-order valence-electron chi connectivity index (χ4n) is 1.10. The van der Waals surface area contributed by atoms with Gasteiger partial charge in [0, 0.05) is 6.92 Å². The fourth-order valence-corrected chi connectivity index (χ4v) is 1.10. The minimum atomic E-state index is -0.333. The van der Waals surface area contributed by atoms with Crippen LogP contribution in [0.25, 0.3) is 0 Å². The number of nitrogens with one attached hydrogen (secondary N) is 1. The Balaban J connectivity index is 0. The molecule has 0 aliphatic heterocycles. The summed E-state index contributed by atoms with van der Waals surface area (Å²) in [5.74, 6) is -0.497. The maximum absolute atomic E-state index is 10.4. The van der Waals surface area contributed by atoms with Gasteiger partial charge in [-0.25, -0.2) is 0 Å². The molecule has 5 N–H and O–H groups in total. The van der Waals surface area contributed by atoms with Crippen molar-refractivity contribution in [2.45, 2.75) is 52.4 Å². The molecule has 0 rings (SSSR count). The fraction of sp³-hybridized carbons (Fsp3) is 0.818. The average Bonchev–Trinajstić information content (AvgIpc) is 2.15. The van der Waals surface area contributed by atoms with Gasteiger partial charge >= 0.3 is 5.97 Å². The summed E-state index contributed by atoms with van der Waals surface area (Å²) < 4.78 is 4.81. The third-order valence-corrected chi connectivity index (χ3v) is 1.80. The number of hydrogen-bond acceptors (Lipinski definition) is 3. The van der Waals surface area contributed by atoms with Gasteiger partial charge in [-0.1, -0.05) is 39.0 Å². The third kappa shape index (κ3) is 29.3. The van der Waals surface area contributed by atoms with Crippen LogP contribution in [-0.4, -0.2) is 18.5 Å². The van der Waals surface area contributed by atoms with Crippen molar-refractivity contribution in [3.8, 4) is 0 Å². The van der Waals surface area contributed by atoms with Gasteiger partial charge in [-0.05, 0) is 6.42 Å². The van der Waals surface area contributed by atoms with E-state index in [1.165, 1.54) is 39.0 Å². The normalized spacial score (nSPS) is 8.88. The number of carbonyl (C=O) groups excluding carboxylic acids is 1. The summed E-state index contributed by atoms with van der Waals surface area (Å²) in [4.78, 5) is 10.4. The topological polar surface area (TPSA) is 102 Å². The van der Waals surface area contributed by atoms with Crippen LogP contribution in [0.1, 0.15) is 52.4 Å². The molecule has 0 heterocycles. The van der Waals surface area contributed by atoms with E-state index in [0.29, 0.717) is 6.61 Å². The van der Waals surface area contributed by atoms with Crippen LogP contribution in [0.4, 0.5) is 0 Å². The summed E-state index contributed by atoms with van der Waals surface area (Å²) in [6, 6.07) is 0. The molecule has 0 aliphatic carbocycles. The van der Waals surface area contributed by atoms with Crippen molar-refractivity contribution in [1.29, 1.82) is 5.41 Å². The molecule has 0 bridgehead atoms. The van der Waals surface area contributed by atoms with Crippen LogP contribution < -0.4 is 11.5 Å². The van der Waals surface area contributed by atoms with Crippen LogP contribution in [0, 0.1) is 5.41 Å². The first kappa shape index (κ1) is 17.1. The van der Waals surface area contributed by atoms with Gasteiger partial charge in [0.2, 0.25) is 0 Å². The van der Waals surface area contributed by atoms with Gasteiger partial charge < -0.3 is 16.2 Å². The van der Waals surface area contributed by atoms with Crippen molar-refractivity contribution < 1.29 is 9.53 Å². The zero-order valence-corrected chi connectivity index (χ0v) is 10.4. The number of nitrogens with two attached hydrogens (primary N) is 2. The number of guanidine groups is 1. The summed E-state index contributed by atoms with van der Waals surface area (Å²) in [7, 11) is 0. The smallest absolute Gasteiger partial charge is 0.302 e. The highest BCUT2D eigenvalue weighted by Crippen LogP contribution is 2.04. The largest absolute Gasteiger partial charge is 0.466 e. The summed E-state index contributed by atoms with van der Waals surface area (Å²) >= 11 is 0. The van der Waals surface area contributed by atoms with Gasteiger partial charge in [0.1, 0.15) is 0 Å². The number of esters is 1. The molecular formula is C11H25N3O2. The minimum Gasteiger partial charge on any atom is -0.466 e. The number of hydrogen-bond donors (Lipinski definition) is 3. The van der Waals surface area contributed by atoms with E-state index in [-0.39, 0.29) is 11.9 Å². The van der Waals surface area contributed by atoms with E-state index < -0.39 is 0 Å². The van der Waals surface area contributed by atoms with Crippen molar-refractivity contribution >= 4 is 11.9 Å². The molecule has 5 heteroatoms. The van der Waals surface area contributed by atoms with Crippen molar-refractivity contribution in [1.82, 2.24) is 0 Å². The Morgan fingerprint density at radius 3 is 2.00 bits per heavy atom. The van der Waals surface area contributed by atoms with Gasteiger partial charge in [-0.3, -0.25) is 10.2 Å². The molecule has 0 spiro atoms. The first-order valence-corrected chi connectivity index (χ1v) is 5.73. The Bertz CT molecular complexity index is 180. The first-order chi connectivity index (χ1) is 7.50. The highest BCUT2D eigenvalue weighted by Gasteiger charge is 1.92. The van der Waals surface area contributed by atoms with Crippen LogP contribution in [-0.2, 0) is 9.53 Å². The predicted molar refractivity (Wildman–Crippen MR) is 66.1 cm³/mol. The van der Waals surface area contributed by atoms with Gasteiger partial charge in [0.15, 0.2) is 5.96 Å². The molecule has 16 heavy (non-hydrogen) atoms. The predicted octanol–water partition coefficient (Wildman–Crippen LogP) is 1.75.